The highest BCUT2D eigenvalue weighted by molar-refractivity contribution is 7.98. The molecular formula is C20H18N8OS. The molecule has 0 fully saturated rings. The molecule has 9 nitrogen and oxygen atoms in total. The number of thioether (sulfide) groups is 1. The molecule has 5 rings (SSSR count). The molecule has 0 spiro atoms. The van der Waals surface area contributed by atoms with Crippen LogP contribution in [0, 0.1) is 0 Å². The van der Waals surface area contributed by atoms with E-state index in [0.29, 0.717) is 23.5 Å². The molecule has 0 amide bonds. The van der Waals surface area contributed by atoms with E-state index >= 15 is 0 Å². The first kappa shape index (κ1) is 18.5. The van der Waals surface area contributed by atoms with Gasteiger partial charge in [-0.25, -0.2) is 0 Å². The fourth-order valence-corrected chi connectivity index (χ4v) is 4.34. The maximum atomic E-state index is 12.8. The van der Waals surface area contributed by atoms with Crippen molar-refractivity contribution >= 4 is 28.4 Å². The van der Waals surface area contributed by atoms with E-state index < -0.39 is 0 Å². The van der Waals surface area contributed by atoms with Crippen molar-refractivity contribution in [3.05, 3.63) is 65.0 Å². The number of fused-ring (bicyclic) bond motifs is 3. The number of rotatable bonds is 5. The van der Waals surface area contributed by atoms with Crippen molar-refractivity contribution in [1.29, 1.82) is 0 Å². The van der Waals surface area contributed by atoms with Crippen LogP contribution in [-0.2, 0) is 19.3 Å². The van der Waals surface area contributed by atoms with Gasteiger partial charge < -0.3 is 4.57 Å². The van der Waals surface area contributed by atoms with Crippen LogP contribution in [-0.4, -0.2) is 38.9 Å². The fourth-order valence-electron chi connectivity index (χ4n) is 3.51. The second kappa shape index (κ2) is 7.38. The second-order valence-corrected chi connectivity index (χ2v) is 7.65. The van der Waals surface area contributed by atoms with E-state index in [-0.39, 0.29) is 5.56 Å². The van der Waals surface area contributed by atoms with Gasteiger partial charge >= 0.3 is 0 Å². The number of benzene rings is 1. The quantitative estimate of drug-likeness (QED) is 0.405. The molecule has 5 aromatic rings. The van der Waals surface area contributed by atoms with E-state index in [2.05, 4.69) is 25.4 Å². The number of pyridine rings is 1. The molecule has 30 heavy (non-hydrogen) atoms. The lowest BCUT2D eigenvalue weighted by Crippen LogP contribution is -2.22. The number of aromatic nitrogens is 8. The molecular weight excluding hydrogens is 400 g/mol. The Morgan fingerprint density at radius 3 is 2.60 bits per heavy atom. The average molecular weight is 418 g/mol. The minimum atomic E-state index is -0.0532. The minimum Gasteiger partial charge on any atom is -0.305 e. The third kappa shape index (κ3) is 2.88. The number of hydrogen-bond donors (Lipinski definition) is 0. The maximum Gasteiger partial charge on any atom is 0.262 e. The van der Waals surface area contributed by atoms with Crippen molar-refractivity contribution in [1.82, 2.24) is 38.9 Å². The smallest absolute Gasteiger partial charge is 0.262 e. The Bertz CT molecular complexity index is 1420. The summed E-state index contributed by atoms with van der Waals surface area (Å²) in [6.45, 7) is 2.45. The van der Waals surface area contributed by atoms with E-state index in [9.17, 15) is 4.79 Å². The van der Waals surface area contributed by atoms with Crippen molar-refractivity contribution < 1.29 is 0 Å². The highest BCUT2D eigenvalue weighted by Crippen LogP contribution is 2.25. The summed E-state index contributed by atoms with van der Waals surface area (Å²) in [7, 11) is 1.93. The Morgan fingerprint density at radius 2 is 1.80 bits per heavy atom. The summed E-state index contributed by atoms with van der Waals surface area (Å²) in [6.07, 6.45) is 3.47. The predicted molar refractivity (Wildman–Crippen MR) is 114 cm³/mol. The van der Waals surface area contributed by atoms with Crippen LogP contribution >= 0.6 is 11.8 Å². The molecule has 1 aromatic carbocycles. The number of aryl methyl sites for hydroxylation is 1. The Balaban J connectivity index is 1.54. The summed E-state index contributed by atoms with van der Waals surface area (Å²) in [5, 5.41) is 18.7. The zero-order chi connectivity index (χ0) is 20.7. The molecule has 0 radical (unpaired) electrons. The number of para-hydroxylation sites is 1. The molecule has 10 heteroatoms. The molecule has 0 aliphatic carbocycles. The number of nitrogens with zero attached hydrogens (tertiary/aromatic N) is 8. The standard InChI is InChI=1S/C20H18N8OS/c1-3-27-18(29)14-6-4-5-7-15(14)28-16(22-24-19(27)28)12-30-20-25-23-17(26(20)2)13-8-10-21-11-9-13/h4-11H,3,12H2,1-2H3. The lowest BCUT2D eigenvalue weighted by molar-refractivity contribution is 0.735. The first-order chi connectivity index (χ1) is 14.7. The highest BCUT2D eigenvalue weighted by atomic mass is 32.2. The SMILES string of the molecule is CCn1c(=O)c2ccccc2n2c(CSc3nnc(-c4ccncc4)n3C)nnc12. The minimum absolute atomic E-state index is 0.0532. The van der Waals surface area contributed by atoms with E-state index in [1.165, 1.54) is 11.8 Å². The summed E-state index contributed by atoms with van der Waals surface area (Å²) in [5.74, 6) is 2.61. The van der Waals surface area contributed by atoms with Crippen LogP contribution in [0.3, 0.4) is 0 Å². The van der Waals surface area contributed by atoms with Crippen LogP contribution in [0.2, 0.25) is 0 Å². The molecule has 0 bridgehead atoms. The average Bonchev–Trinajstić information content (AvgIpc) is 3.37. The largest absolute Gasteiger partial charge is 0.305 e. The van der Waals surface area contributed by atoms with Crippen molar-refractivity contribution in [3.8, 4) is 11.4 Å². The summed E-state index contributed by atoms with van der Waals surface area (Å²) in [5.41, 5.74) is 1.71. The van der Waals surface area contributed by atoms with Gasteiger partial charge in [0.1, 0.15) is 5.82 Å². The van der Waals surface area contributed by atoms with Crippen LogP contribution in [0.1, 0.15) is 12.7 Å². The molecule has 0 aliphatic rings. The van der Waals surface area contributed by atoms with Crippen molar-refractivity contribution in [3.63, 3.8) is 0 Å². The molecule has 150 valence electrons. The zero-order valence-electron chi connectivity index (χ0n) is 16.4. The Hall–Kier alpha value is -3.53. The van der Waals surface area contributed by atoms with E-state index in [1.807, 2.05) is 59.3 Å². The third-order valence-corrected chi connectivity index (χ3v) is 6.01. The molecule has 0 N–H and O–H groups in total. The van der Waals surface area contributed by atoms with Gasteiger partial charge in [0, 0.05) is 31.5 Å². The number of hydrogen-bond acceptors (Lipinski definition) is 7. The van der Waals surface area contributed by atoms with Crippen LogP contribution in [0.4, 0.5) is 0 Å². The topological polar surface area (TPSA) is 95.8 Å². The van der Waals surface area contributed by atoms with Crippen molar-refractivity contribution in [2.75, 3.05) is 0 Å². The molecule has 0 saturated heterocycles. The molecule has 0 aliphatic heterocycles. The lowest BCUT2D eigenvalue weighted by Gasteiger charge is -2.09. The molecule has 4 heterocycles. The summed E-state index contributed by atoms with van der Waals surface area (Å²) in [4.78, 5) is 16.8. The van der Waals surface area contributed by atoms with Crippen LogP contribution in [0.25, 0.3) is 28.1 Å². The normalized spacial score (nSPS) is 11.5. The second-order valence-electron chi connectivity index (χ2n) is 6.71. The Morgan fingerprint density at radius 1 is 1.00 bits per heavy atom. The monoisotopic (exact) mass is 418 g/mol. The fraction of sp³-hybridized carbons (Fsp3) is 0.200. The summed E-state index contributed by atoms with van der Waals surface area (Å²) in [6, 6.07) is 11.4. The van der Waals surface area contributed by atoms with Crippen LogP contribution in [0.15, 0.2) is 58.7 Å². The van der Waals surface area contributed by atoms with Gasteiger partial charge in [-0.15, -0.1) is 20.4 Å². The van der Waals surface area contributed by atoms with E-state index in [1.54, 1.807) is 17.0 Å². The van der Waals surface area contributed by atoms with Crippen molar-refractivity contribution in [2.24, 2.45) is 7.05 Å². The first-order valence-corrected chi connectivity index (χ1v) is 10.5. The van der Waals surface area contributed by atoms with Gasteiger partial charge in [-0.2, -0.15) is 0 Å². The molecule has 0 saturated carbocycles. The maximum absolute atomic E-state index is 12.8. The van der Waals surface area contributed by atoms with Gasteiger partial charge in [0.25, 0.3) is 5.56 Å². The van der Waals surface area contributed by atoms with Gasteiger partial charge in [-0.3, -0.25) is 18.7 Å². The van der Waals surface area contributed by atoms with Crippen LogP contribution < -0.4 is 5.56 Å². The summed E-state index contributed by atoms with van der Waals surface area (Å²) >= 11 is 1.52. The molecule has 0 unspecified atom stereocenters. The van der Waals surface area contributed by atoms with Crippen LogP contribution in [0.5, 0.6) is 0 Å². The van der Waals surface area contributed by atoms with Gasteiger partial charge in [0.2, 0.25) is 5.78 Å². The van der Waals surface area contributed by atoms with E-state index in [0.717, 1.165) is 27.9 Å². The van der Waals surface area contributed by atoms with Gasteiger partial charge in [0.15, 0.2) is 11.0 Å². The Labute approximate surface area is 175 Å². The van der Waals surface area contributed by atoms with Gasteiger partial charge in [-0.1, -0.05) is 23.9 Å². The van der Waals surface area contributed by atoms with E-state index in [4.69, 9.17) is 0 Å². The molecule has 0 atom stereocenters. The zero-order valence-corrected chi connectivity index (χ0v) is 17.2. The third-order valence-electron chi connectivity index (χ3n) is 4.99. The Kier molecular flexibility index (Phi) is 4.55. The molecule has 4 aromatic heterocycles. The van der Waals surface area contributed by atoms with Gasteiger partial charge in [-0.05, 0) is 31.2 Å². The highest BCUT2D eigenvalue weighted by Gasteiger charge is 2.17. The van der Waals surface area contributed by atoms with Crippen molar-refractivity contribution in [2.45, 2.75) is 24.4 Å². The van der Waals surface area contributed by atoms with Gasteiger partial charge in [0.05, 0.1) is 16.7 Å². The first-order valence-electron chi connectivity index (χ1n) is 9.47. The summed E-state index contributed by atoms with van der Waals surface area (Å²) < 4.78 is 5.55. The predicted octanol–water partition coefficient (Wildman–Crippen LogP) is 2.55. The lowest BCUT2D eigenvalue weighted by atomic mass is 10.2.